The highest BCUT2D eigenvalue weighted by Crippen LogP contribution is 2.36. The molecular weight excluding hydrogens is 310 g/mol. The molecule has 2 saturated heterocycles. The fourth-order valence-corrected chi connectivity index (χ4v) is 4.71. The first kappa shape index (κ1) is 16.8. The number of quaternary nitrogens is 1. The second-order valence-corrected chi connectivity index (χ2v) is 7.85. The van der Waals surface area contributed by atoms with E-state index in [2.05, 4.69) is 31.2 Å². The number of rotatable bonds is 2. The minimum absolute atomic E-state index is 0.0747. The van der Waals surface area contributed by atoms with Crippen molar-refractivity contribution in [3.63, 3.8) is 0 Å². The van der Waals surface area contributed by atoms with Gasteiger partial charge in [0.15, 0.2) is 0 Å². The molecule has 1 N–H and O–H groups in total. The molecule has 2 aliphatic rings. The van der Waals surface area contributed by atoms with Crippen LogP contribution in [0.2, 0.25) is 0 Å². The van der Waals surface area contributed by atoms with E-state index >= 15 is 0 Å². The molecular formula is C22H28NO2+. The van der Waals surface area contributed by atoms with Gasteiger partial charge in [-0.2, -0.15) is 0 Å². The number of hydrogen-bond donors (Lipinski definition) is 1. The normalized spacial score (nSPS) is 28.8. The standard InChI is InChI=1S/C22H28NO2/c1-18-16-23(14-6-3-7-15-23)17-22(24,25-18)21-12-10-20(11-13-21)19-8-4-2-5-9-19/h2,4-5,8-13,18,24H,3,6-7,14-17H2,1H3/q+1/t18-,22-/m1/s1. The summed E-state index contributed by atoms with van der Waals surface area (Å²) < 4.78 is 7.07. The van der Waals surface area contributed by atoms with Crippen molar-refractivity contribution < 1.29 is 14.3 Å². The van der Waals surface area contributed by atoms with E-state index in [-0.39, 0.29) is 6.10 Å². The molecule has 3 nitrogen and oxygen atoms in total. The van der Waals surface area contributed by atoms with Crippen LogP contribution >= 0.6 is 0 Å². The highest BCUT2D eigenvalue weighted by molar-refractivity contribution is 5.63. The predicted molar refractivity (Wildman–Crippen MR) is 99.9 cm³/mol. The summed E-state index contributed by atoms with van der Waals surface area (Å²) in [5.41, 5.74) is 3.24. The number of hydrogen-bond acceptors (Lipinski definition) is 2. The van der Waals surface area contributed by atoms with Crippen LogP contribution in [-0.4, -0.2) is 41.9 Å². The van der Waals surface area contributed by atoms with Gasteiger partial charge in [-0.15, -0.1) is 0 Å². The van der Waals surface area contributed by atoms with Gasteiger partial charge in [0.1, 0.15) is 19.2 Å². The number of ether oxygens (including phenoxy) is 1. The summed E-state index contributed by atoms with van der Waals surface area (Å²) in [6.45, 7) is 6.11. The third kappa shape index (κ3) is 3.37. The molecule has 1 spiro atoms. The largest absolute Gasteiger partial charge is 0.357 e. The van der Waals surface area contributed by atoms with Crippen LogP contribution < -0.4 is 0 Å². The Morgan fingerprint density at radius 2 is 1.56 bits per heavy atom. The Kier molecular flexibility index (Phi) is 4.40. The quantitative estimate of drug-likeness (QED) is 0.841. The van der Waals surface area contributed by atoms with E-state index in [0.717, 1.165) is 29.7 Å². The highest BCUT2D eigenvalue weighted by atomic mass is 16.6. The van der Waals surface area contributed by atoms with Crippen molar-refractivity contribution in [1.82, 2.24) is 0 Å². The first-order chi connectivity index (χ1) is 12.1. The Bertz CT molecular complexity index is 707. The van der Waals surface area contributed by atoms with E-state index in [1.165, 1.54) is 30.4 Å². The molecule has 0 radical (unpaired) electrons. The maximum atomic E-state index is 11.4. The zero-order valence-corrected chi connectivity index (χ0v) is 15.0. The summed E-state index contributed by atoms with van der Waals surface area (Å²) in [5.74, 6) is -1.18. The molecule has 0 aliphatic carbocycles. The second-order valence-electron chi connectivity index (χ2n) is 7.85. The lowest BCUT2D eigenvalue weighted by molar-refractivity contribution is -0.955. The fraction of sp³-hybridized carbons (Fsp3) is 0.455. The molecule has 2 aliphatic heterocycles. The number of aliphatic hydroxyl groups is 1. The monoisotopic (exact) mass is 338 g/mol. The van der Waals surface area contributed by atoms with E-state index < -0.39 is 5.79 Å². The van der Waals surface area contributed by atoms with Crippen molar-refractivity contribution >= 4 is 0 Å². The first-order valence-corrected chi connectivity index (χ1v) is 9.50. The topological polar surface area (TPSA) is 29.5 Å². The Labute approximate surface area is 150 Å². The maximum absolute atomic E-state index is 11.4. The Balaban J connectivity index is 1.61. The lowest BCUT2D eigenvalue weighted by Gasteiger charge is -2.51. The van der Waals surface area contributed by atoms with Crippen LogP contribution in [-0.2, 0) is 10.5 Å². The minimum atomic E-state index is -1.18. The smallest absolute Gasteiger partial charge is 0.244 e. The number of benzene rings is 2. The lowest BCUT2D eigenvalue weighted by Crippen LogP contribution is -2.65. The van der Waals surface area contributed by atoms with Crippen LogP contribution in [0.5, 0.6) is 0 Å². The van der Waals surface area contributed by atoms with E-state index in [0.29, 0.717) is 6.54 Å². The van der Waals surface area contributed by atoms with E-state index in [1.807, 2.05) is 30.3 Å². The zero-order chi connectivity index (χ0) is 17.3. The third-order valence-electron chi connectivity index (χ3n) is 5.80. The molecule has 0 amide bonds. The average molecular weight is 338 g/mol. The van der Waals surface area contributed by atoms with Crippen molar-refractivity contribution in [2.45, 2.75) is 38.1 Å². The summed E-state index contributed by atoms with van der Waals surface area (Å²) in [5, 5.41) is 11.4. The van der Waals surface area contributed by atoms with E-state index in [9.17, 15) is 5.11 Å². The summed E-state index contributed by atoms with van der Waals surface area (Å²) in [7, 11) is 0. The van der Waals surface area contributed by atoms with Gasteiger partial charge in [-0.1, -0.05) is 54.6 Å². The molecule has 132 valence electrons. The highest BCUT2D eigenvalue weighted by Gasteiger charge is 2.49. The van der Waals surface area contributed by atoms with Crippen molar-refractivity contribution in [2.75, 3.05) is 26.2 Å². The molecule has 0 saturated carbocycles. The Hall–Kier alpha value is -1.68. The second kappa shape index (κ2) is 6.56. The van der Waals surface area contributed by atoms with Crippen LogP contribution in [0.3, 0.4) is 0 Å². The first-order valence-electron chi connectivity index (χ1n) is 9.50. The molecule has 0 bridgehead atoms. The van der Waals surface area contributed by atoms with Gasteiger partial charge in [0.2, 0.25) is 5.79 Å². The third-order valence-corrected chi connectivity index (χ3v) is 5.80. The van der Waals surface area contributed by atoms with Gasteiger partial charge in [0.05, 0.1) is 13.1 Å². The molecule has 4 rings (SSSR count). The molecule has 3 heteroatoms. The van der Waals surface area contributed by atoms with Crippen LogP contribution in [0.1, 0.15) is 31.7 Å². The summed E-state index contributed by atoms with van der Waals surface area (Å²) in [6.07, 6.45) is 3.91. The summed E-state index contributed by atoms with van der Waals surface area (Å²) in [4.78, 5) is 0. The SMILES string of the molecule is C[C@@H]1C[N+]2(CCCCC2)C[C@](O)(c2ccc(-c3ccccc3)cc2)O1. The molecule has 2 aromatic rings. The average Bonchev–Trinajstić information content (AvgIpc) is 2.62. The van der Waals surface area contributed by atoms with Gasteiger partial charge in [0, 0.05) is 5.56 Å². The fourth-order valence-electron chi connectivity index (χ4n) is 4.71. The van der Waals surface area contributed by atoms with Gasteiger partial charge in [0.25, 0.3) is 0 Å². The molecule has 0 unspecified atom stereocenters. The molecule has 25 heavy (non-hydrogen) atoms. The van der Waals surface area contributed by atoms with E-state index in [4.69, 9.17) is 4.74 Å². The summed E-state index contributed by atoms with van der Waals surface area (Å²) in [6, 6.07) is 18.6. The molecule has 0 aromatic heterocycles. The molecule has 2 atom stereocenters. The van der Waals surface area contributed by atoms with Crippen LogP contribution in [0, 0.1) is 0 Å². The van der Waals surface area contributed by atoms with Crippen molar-refractivity contribution in [2.24, 2.45) is 0 Å². The van der Waals surface area contributed by atoms with Crippen molar-refractivity contribution in [3.8, 4) is 11.1 Å². The lowest BCUT2D eigenvalue weighted by atomic mass is 9.95. The maximum Gasteiger partial charge on any atom is 0.244 e. The van der Waals surface area contributed by atoms with Gasteiger partial charge >= 0.3 is 0 Å². The minimum Gasteiger partial charge on any atom is -0.357 e. The van der Waals surface area contributed by atoms with Gasteiger partial charge in [-0.3, -0.25) is 0 Å². The molecule has 2 heterocycles. The molecule has 2 fully saturated rings. The molecule has 2 aromatic carbocycles. The number of nitrogens with zero attached hydrogens (tertiary/aromatic N) is 1. The van der Waals surface area contributed by atoms with Crippen LogP contribution in [0.4, 0.5) is 0 Å². The van der Waals surface area contributed by atoms with Crippen molar-refractivity contribution in [3.05, 3.63) is 60.2 Å². The van der Waals surface area contributed by atoms with Crippen LogP contribution in [0.25, 0.3) is 11.1 Å². The Morgan fingerprint density at radius 3 is 2.24 bits per heavy atom. The van der Waals surface area contributed by atoms with Gasteiger partial charge in [-0.05, 0) is 37.3 Å². The number of morpholine rings is 1. The summed E-state index contributed by atoms with van der Waals surface area (Å²) >= 11 is 0. The zero-order valence-electron chi connectivity index (χ0n) is 15.0. The predicted octanol–water partition coefficient (Wildman–Crippen LogP) is 3.92. The number of piperidine rings is 1. The van der Waals surface area contributed by atoms with Gasteiger partial charge < -0.3 is 14.3 Å². The van der Waals surface area contributed by atoms with E-state index in [1.54, 1.807) is 0 Å². The Morgan fingerprint density at radius 1 is 0.920 bits per heavy atom. The van der Waals surface area contributed by atoms with Gasteiger partial charge in [-0.25, -0.2) is 0 Å². The van der Waals surface area contributed by atoms with Crippen molar-refractivity contribution in [1.29, 1.82) is 0 Å². The van der Waals surface area contributed by atoms with Crippen LogP contribution in [0.15, 0.2) is 54.6 Å².